The fourth-order valence-corrected chi connectivity index (χ4v) is 2.28. The van der Waals surface area contributed by atoms with Crippen molar-refractivity contribution in [3.63, 3.8) is 0 Å². The Balaban J connectivity index is 2.08. The smallest absolute Gasteiger partial charge is 0.338 e. The number of carbonyl (C=O) groups is 1. The van der Waals surface area contributed by atoms with E-state index in [0.29, 0.717) is 24.0 Å². The lowest BCUT2D eigenvalue weighted by Crippen LogP contribution is -2.11. The van der Waals surface area contributed by atoms with Gasteiger partial charge in [-0.2, -0.15) is 0 Å². The predicted molar refractivity (Wildman–Crippen MR) is 69.2 cm³/mol. The van der Waals surface area contributed by atoms with Crippen molar-refractivity contribution in [2.45, 2.75) is 38.4 Å². The Hall–Kier alpha value is -1.55. The van der Waals surface area contributed by atoms with Gasteiger partial charge in [0.2, 0.25) is 0 Å². The first-order valence-electron chi connectivity index (χ1n) is 6.29. The Bertz CT molecular complexity index is 425. The molecule has 1 aromatic rings. The molecule has 0 aliphatic heterocycles. The van der Waals surface area contributed by atoms with Gasteiger partial charge in [-0.25, -0.2) is 4.79 Å². The molecule has 1 aliphatic carbocycles. The highest BCUT2D eigenvalue weighted by molar-refractivity contribution is 5.92. The van der Waals surface area contributed by atoms with Crippen LogP contribution in [-0.4, -0.2) is 19.2 Å². The topological polar surface area (TPSA) is 61.5 Å². The van der Waals surface area contributed by atoms with E-state index in [9.17, 15) is 4.79 Å². The second kappa shape index (κ2) is 5.87. The average Bonchev–Trinajstić information content (AvgIpc) is 2.89. The minimum atomic E-state index is -0.368. The summed E-state index contributed by atoms with van der Waals surface area (Å²) in [5.41, 5.74) is 7.58. The van der Waals surface area contributed by atoms with Gasteiger partial charge in [0.05, 0.1) is 25.4 Å². The van der Waals surface area contributed by atoms with Crippen molar-refractivity contribution in [2.75, 3.05) is 12.8 Å². The molecular weight excluding hydrogens is 230 g/mol. The molecule has 0 spiro atoms. The predicted octanol–water partition coefficient (Wildman–Crippen LogP) is 2.51. The Morgan fingerprint density at radius 3 is 2.78 bits per heavy atom. The fourth-order valence-electron chi connectivity index (χ4n) is 2.28. The molecule has 0 bridgehead atoms. The van der Waals surface area contributed by atoms with E-state index >= 15 is 0 Å². The summed E-state index contributed by atoms with van der Waals surface area (Å²) in [5.74, 6) is -0.368. The van der Waals surface area contributed by atoms with Crippen LogP contribution >= 0.6 is 0 Å². The number of esters is 1. The largest absolute Gasteiger partial charge is 0.465 e. The van der Waals surface area contributed by atoms with Gasteiger partial charge in [-0.05, 0) is 30.5 Å². The number of benzene rings is 1. The summed E-state index contributed by atoms with van der Waals surface area (Å²) in [6, 6.07) is 5.25. The molecule has 4 nitrogen and oxygen atoms in total. The van der Waals surface area contributed by atoms with Crippen LogP contribution in [-0.2, 0) is 16.1 Å². The van der Waals surface area contributed by atoms with Gasteiger partial charge in [-0.15, -0.1) is 0 Å². The number of methoxy groups -OCH3 is 1. The molecule has 18 heavy (non-hydrogen) atoms. The maximum absolute atomic E-state index is 11.6. The number of carbonyl (C=O) groups excluding carboxylic acids is 1. The van der Waals surface area contributed by atoms with E-state index in [4.69, 9.17) is 15.2 Å². The molecular formula is C14H19NO3. The van der Waals surface area contributed by atoms with Gasteiger partial charge < -0.3 is 15.2 Å². The summed E-state index contributed by atoms with van der Waals surface area (Å²) < 4.78 is 10.6. The Morgan fingerprint density at radius 1 is 1.39 bits per heavy atom. The molecule has 1 aromatic carbocycles. The Morgan fingerprint density at radius 2 is 2.11 bits per heavy atom. The number of anilines is 1. The van der Waals surface area contributed by atoms with Gasteiger partial charge >= 0.3 is 5.97 Å². The van der Waals surface area contributed by atoms with Crippen molar-refractivity contribution < 1.29 is 14.3 Å². The van der Waals surface area contributed by atoms with E-state index < -0.39 is 0 Å². The summed E-state index contributed by atoms with van der Waals surface area (Å²) in [4.78, 5) is 11.6. The third kappa shape index (κ3) is 3.01. The van der Waals surface area contributed by atoms with Crippen LogP contribution in [0, 0.1) is 0 Å². The Kier molecular flexibility index (Phi) is 4.20. The zero-order chi connectivity index (χ0) is 13.0. The first-order chi connectivity index (χ1) is 8.70. The lowest BCUT2D eigenvalue weighted by molar-refractivity contribution is 0.0431. The second-order valence-electron chi connectivity index (χ2n) is 4.63. The number of ether oxygens (including phenoxy) is 2. The number of rotatable bonds is 4. The molecule has 0 amide bonds. The highest BCUT2D eigenvalue weighted by Crippen LogP contribution is 2.23. The zero-order valence-corrected chi connectivity index (χ0v) is 10.6. The van der Waals surface area contributed by atoms with Crippen LogP contribution in [0.2, 0.25) is 0 Å². The van der Waals surface area contributed by atoms with Crippen molar-refractivity contribution >= 4 is 11.7 Å². The van der Waals surface area contributed by atoms with Crippen LogP contribution in [0.5, 0.6) is 0 Å². The summed E-state index contributed by atoms with van der Waals surface area (Å²) in [6.07, 6.45) is 5.02. The second-order valence-corrected chi connectivity index (χ2v) is 4.63. The molecule has 4 heteroatoms. The van der Waals surface area contributed by atoms with E-state index in [-0.39, 0.29) is 5.97 Å². The first-order valence-corrected chi connectivity index (χ1v) is 6.29. The van der Waals surface area contributed by atoms with Crippen LogP contribution in [0.25, 0.3) is 0 Å². The van der Waals surface area contributed by atoms with Gasteiger partial charge in [0.15, 0.2) is 0 Å². The molecule has 2 N–H and O–H groups in total. The van der Waals surface area contributed by atoms with Gasteiger partial charge in [0.25, 0.3) is 0 Å². The van der Waals surface area contributed by atoms with Gasteiger partial charge in [-0.3, -0.25) is 0 Å². The average molecular weight is 249 g/mol. The summed E-state index contributed by atoms with van der Waals surface area (Å²) in [5, 5.41) is 0. The number of hydrogen-bond donors (Lipinski definition) is 1. The van der Waals surface area contributed by atoms with Crippen LogP contribution in [0.15, 0.2) is 18.2 Å². The number of hydrogen-bond acceptors (Lipinski definition) is 4. The van der Waals surface area contributed by atoms with Crippen molar-refractivity contribution in [1.82, 2.24) is 0 Å². The van der Waals surface area contributed by atoms with Crippen LogP contribution in [0.1, 0.15) is 41.6 Å². The van der Waals surface area contributed by atoms with E-state index in [0.717, 1.165) is 18.4 Å². The molecule has 0 saturated heterocycles. The maximum atomic E-state index is 11.6. The minimum absolute atomic E-state index is 0.327. The fraction of sp³-hybridized carbons (Fsp3) is 0.500. The maximum Gasteiger partial charge on any atom is 0.338 e. The third-order valence-corrected chi connectivity index (χ3v) is 3.32. The van der Waals surface area contributed by atoms with E-state index in [1.807, 2.05) is 6.07 Å². The van der Waals surface area contributed by atoms with E-state index in [2.05, 4.69) is 0 Å². The van der Waals surface area contributed by atoms with Crippen molar-refractivity contribution in [1.29, 1.82) is 0 Å². The standard InChI is InChI=1S/C14H19NO3/c1-17-14(16)13-8-11(15)7-6-10(13)9-18-12-4-2-3-5-12/h6-8,12H,2-5,9,15H2,1H3. The molecule has 2 rings (SSSR count). The first kappa shape index (κ1) is 12.9. The van der Waals surface area contributed by atoms with Gasteiger partial charge in [0.1, 0.15) is 0 Å². The lowest BCUT2D eigenvalue weighted by Gasteiger charge is -2.13. The minimum Gasteiger partial charge on any atom is -0.465 e. The molecule has 0 unspecified atom stereocenters. The lowest BCUT2D eigenvalue weighted by atomic mass is 10.1. The molecule has 0 radical (unpaired) electrons. The molecule has 1 aliphatic rings. The van der Waals surface area contributed by atoms with Crippen molar-refractivity contribution in [2.24, 2.45) is 0 Å². The highest BCUT2D eigenvalue weighted by Gasteiger charge is 2.17. The third-order valence-electron chi connectivity index (χ3n) is 3.32. The monoisotopic (exact) mass is 249 g/mol. The van der Waals surface area contributed by atoms with E-state index in [1.54, 1.807) is 12.1 Å². The summed E-state index contributed by atoms with van der Waals surface area (Å²) in [7, 11) is 1.37. The number of nitrogens with two attached hydrogens (primary N) is 1. The van der Waals surface area contributed by atoms with Crippen molar-refractivity contribution in [3.8, 4) is 0 Å². The van der Waals surface area contributed by atoms with Crippen LogP contribution < -0.4 is 5.73 Å². The quantitative estimate of drug-likeness (QED) is 0.658. The van der Waals surface area contributed by atoms with Gasteiger partial charge in [-0.1, -0.05) is 18.9 Å². The number of nitrogen functional groups attached to an aromatic ring is 1. The SMILES string of the molecule is COC(=O)c1cc(N)ccc1COC1CCCC1. The van der Waals surface area contributed by atoms with Crippen LogP contribution in [0.4, 0.5) is 5.69 Å². The van der Waals surface area contributed by atoms with Crippen molar-refractivity contribution in [3.05, 3.63) is 29.3 Å². The van der Waals surface area contributed by atoms with Gasteiger partial charge in [0, 0.05) is 5.69 Å². The molecule has 1 saturated carbocycles. The molecule has 1 fully saturated rings. The zero-order valence-electron chi connectivity index (χ0n) is 10.6. The molecule has 0 aromatic heterocycles. The van der Waals surface area contributed by atoms with E-state index in [1.165, 1.54) is 20.0 Å². The summed E-state index contributed by atoms with van der Waals surface area (Å²) >= 11 is 0. The molecule has 0 atom stereocenters. The van der Waals surface area contributed by atoms with Crippen LogP contribution in [0.3, 0.4) is 0 Å². The highest BCUT2D eigenvalue weighted by atomic mass is 16.5. The molecule has 98 valence electrons. The normalized spacial score (nSPS) is 15.8. The summed E-state index contributed by atoms with van der Waals surface area (Å²) in [6.45, 7) is 0.440. The molecule has 0 heterocycles. The Labute approximate surface area is 107 Å².